The van der Waals surface area contributed by atoms with E-state index < -0.39 is 0 Å². The molecular weight excluding hydrogens is 246 g/mol. The molecule has 0 atom stereocenters. The maximum Gasteiger partial charge on any atom is 0.0625 e. The summed E-state index contributed by atoms with van der Waals surface area (Å²) in [6.07, 6.45) is 0.968. The van der Waals surface area contributed by atoms with Crippen LogP contribution in [0.3, 0.4) is 0 Å². The Morgan fingerprint density at radius 3 is 2.83 bits per heavy atom. The fourth-order valence-electron chi connectivity index (χ4n) is 1.87. The first-order chi connectivity index (χ1) is 8.72. The Bertz CT molecular complexity index is 520. The van der Waals surface area contributed by atoms with Gasteiger partial charge in [-0.05, 0) is 30.2 Å². The summed E-state index contributed by atoms with van der Waals surface area (Å²) in [6, 6.07) is 10.3. The fraction of sp³-hybridized carbons (Fsp3) is 0.357. The molecule has 0 aliphatic heterocycles. The van der Waals surface area contributed by atoms with Crippen LogP contribution in [-0.4, -0.2) is 9.78 Å². The number of nitrogens with one attached hydrogen (secondary N) is 1. The van der Waals surface area contributed by atoms with Crippen LogP contribution in [0.1, 0.15) is 23.9 Å². The molecule has 2 aromatic rings. The highest BCUT2D eigenvalue weighted by atomic mass is 35.5. The van der Waals surface area contributed by atoms with E-state index in [1.54, 1.807) is 0 Å². The van der Waals surface area contributed by atoms with Crippen molar-refractivity contribution >= 4 is 17.3 Å². The molecule has 0 bridgehead atoms. The Hall–Kier alpha value is -1.48. The van der Waals surface area contributed by atoms with Crippen LogP contribution in [0.5, 0.6) is 0 Å². The number of benzene rings is 1. The zero-order valence-corrected chi connectivity index (χ0v) is 11.5. The molecule has 0 aliphatic rings. The molecule has 1 aromatic heterocycles. The van der Waals surface area contributed by atoms with Crippen LogP contribution >= 0.6 is 11.6 Å². The third-order valence-corrected chi connectivity index (χ3v) is 3.25. The van der Waals surface area contributed by atoms with Crippen molar-refractivity contribution in [2.24, 2.45) is 7.05 Å². The van der Waals surface area contributed by atoms with Crippen LogP contribution < -0.4 is 5.32 Å². The van der Waals surface area contributed by atoms with E-state index in [-0.39, 0.29) is 0 Å². The van der Waals surface area contributed by atoms with Crippen LogP contribution in [0.4, 0.5) is 5.69 Å². The normalized spacial score (nSPS) is 10.6. The van der Waals surface area contributed by atoms with Gasteiger partial charge in [0.05, 0.1) is 17.9 Å². The molecule has 0 saturated carbocycles. The summed E-state index contributed by atoms with van der Waals surface area (Å²) in [5.74, 6) is 0.543. The largest absolute Gasteiger partial charge is 0.379 e. The van der Waals surface area contributed by atoms with Crippen molar-refractivity contribution in [2.45, 2.75) is 25.8 Å². The van der Waals surface area contributed by atoms with E-state index >= 15 is 0 Å². The fourth-order valence-corrected chi connectivity index (χ4v) is 2.03. The number of hydrogen-bond acceptors (Lipinski definition) is 2. The average molecular weight is 264 g/mol. The average Bonchev–Trinajstić information content (AvgIpc) is 2.77. The number of rotatable bonds is 5. The van der Waals surface area contributed by atoms with E-state index in [0.29, 0.717) is 5.88 Å². The summed E-state index contributed by atoms with van der Waals surface area (Å²) in [4.78, 5) is 0. The van der Waals surface area contributed by atoms with Crippen LogP contribution in [-0.2, 0) is 25.9 Å². The highest BCUT2D eigenvalue weighted by Crippen LogP contribution is 2.14. The van der Waals surface area contributed by atoms with E-state index in [2.05, 4.69) is 29.5 Å². The molecule has 0 unspecified atom stereocenters. The number of alkyl halides is 1. The smallest absolute Gasteiger partial charge is 0.0625 e. The van der Waals surface area contributed by atoms with E-state index in [0.717, 1.165) is 29.9 Å². The van der Waals surface area contributed by atoms with Gasteiger partial charge in [-0.25, -0.2) is 0 Å². The lowest BCUT2D eigenvalue weighted by atomic mass is 10.2. The minimum absolute atomic E-state index is 0.543. The molecule has 0 saturated heterocycles. The molecule has 0 fully saturated rings. The molecule has 4 heteroatoms. The molecule has 3 nitrogen and oxygen atoms in total. The van der Waals surface area contributed by atoms with Gasteiger partial charge >= 0.3 is 0 Å². The quantitative estimate of drug-likeness (QED) is 0.839. The van der Waals surface area contributed by atoms with Crippen molar-refractivity contribution in [2.75, 3.05) is 5.32 Å². The maximum absolute atomic E-state index is 5.82. The standard InChI is InChI=1S/C14H18ClN3/c1-3-12-8-14(18(2)17-12)10-16-13-6-4-5-11(7-13)9-15/h4-8,16H,3,9-10H2,1-2H3. The van der Waals surface area contributed by atoms with Gasteiger partial charge in [0, 0.05) is 18.6 Å². The van der Waals surface area contributed by atoms with Gasteiger partial charge in [0.25, 0.3) is 0 Å². The van der Waals surface area contributed by atoms with Gasteiger partial charge in [-0.1, -0.05) is 19.1 Å². The highest BCUT2D eigenvalue weighted by Gasteiger charge is 2.03. The van der Waals surface area contributed by atoms with Gasteiger partial charge in [0.15, 0.2) is 0 Å². The third-order valence-electron chi connectivity index (χ3n) is 2.94. The second kappa shape index (κ2) is 5.91. The van der Waals surface area contributed by atoms with Crippen molar-refractivity contribution in [3.8, 4) is 0 Å². The molecule has 18 heavy (non-hydrogen) atoms. The Morgan fingerprint density at radius 2 is 2.17 bits per heavy atom. The first-order valence-electron chi connectivity index (χ1n) is 6.13. The van der Waals surface area contributed by atoms with E-state index in [4.69, 9.17) is 11.6 Å². The summed E-state index contributed by atoms with van der Waals surface area (Å²) in [5.41, 5.74) is 4.53. The van der Waals surface area contributed by atoms with Crippen molar-refractivity contribution < 1.29 is 0 Å². The molecule has 0 spiro atoms. The van der Waals surface area contributed by atoms with E-state index in [9.17, 15) is 0 Å². The number of anilines is 1. The third kappa shape index (κ3) is 3.05. The number of hydrogen-bond donors (Lipinski definition) is 1. The number of aromatic nitrogens is 2. The van der Waals surface area contributed by atoms with Gasteiger partial charge in [-0.15, -0.1) is 11.6 Å². The maximum atomic E-state index is 5.82. The van der Waals surface area contributed by atoms with Crippen molar-refractivity contribution in [1.29, 1.82) is 0 Å². The summed E-state index contributed by atoms with van der Waals surface area (Å²) >= 11 is 5.82. The molecule has 1 aromatic carbocycles. The molecule has 1 heterocycles. The second-order valence-corrected chi connectivity index (χ2v) is 4.56. The lowest BCUT2D eigenvalue weighted by Gasteiger charge is -2.07. The lowest BCUT2D eigenvalue weighted by molar-refractivity contribution is 0.707. The summed E-state index contributed by atoms with van der Waals surface area (Å²) < 4.78 is 1.93. The first-order valence-corrected chi connectivity index (χ1v) is 6.67. The van der Waals surface area contributed by atoms with Crippen LogP contribution in [0.25, 0.3) is 0 Å². The van der Waals surface area contributed by atoms with Gasteiger partial charge < -0.3 is 5.32 Å². The molecule has 0 radical (unpaired) electrons. The zero-order valence-electron chi connectivity index (χ0n) is 10.8. The van der Waals surface area contributed by atoms with Gasteiger partial charge in [0.2, 0.25) is 0 Å². The monoisotopic (exact) mass is 263 g/mol. The number of halogens is 1. The Balaban J connectivity index is 2.03. The van der Waals surface area contributed by atoms with Crippen LogP contribution in [0.2, 0.25) is 0 Å². The van der Waals surface area contributed by atoms with Crippen LogP contribution in [0.15, 0.2) is 30.3 Å². The number of aryl methyl sites for hydroxylation is 2. The Labute approximate surface area is 113 Å². The van der Waals surface area contributed by atoms with Gasteiger partial charge in [0.1, 0.15) is 0 Å². The minimum atomic E-state index is 0.543. The molecule has 0 aliphatic carbocycles. The SMILES string of the molecule is CCc1cc(CNc2cccc(CCl)c2)n(C)n1. The molecule has 96 valence electrons. The Morgan fingerprint density at radius 1 is 1.33 bits per heavy atom. The van der Waals surface area contributed by atoms with Crippen molar-refractivity contribution in [1.82, 2.24) is 9.78 Å². The van der Waals surface area contributed by atoms with Crippen LogP contribution in [0, 0.1) is 0 Å². The van der Waals surface area contributed by atoms with Gasteiger partial charge in [-0.3, -0.25) is 4.68 Å². The summed E-state index contributed by atoms with van der Waals surface area (Å²) in [5, 5.41) is 7.83. The minimum Gasteiger partial charge on any atom is -0.379 e. The number of nitrogens with zero attached hydrogens (tertiary/aromatic N) is 2. The van der Waals surface area contributed by atoms with Crippen molar-refractivity contribution in [3.05, 3.63) is 47.3 Å². The predicted octanol–water partition coefficient (Wildman–Crippen LogP) is 3.33. The summed E-state index contributed by atoms with van der Waals surface area (Å²) in [6.45, 7) is 2.89. The molecular formula is C14H18ClN3. The molecule has 0 amide bonds. The van der Waals surface area contributed by atoms with E-state index in [1.165, 1.54) is 5.69 Å². The lowest BCUT2D eigenvalue weighted by Crippen LogP contribution is -2.05. The van der Waals surface area contributed by atoms with Crippen molar-refractivity contribution in [3.63, 3.8) is 0 Å². The zero-order chi connectivity index (χ0) is 13.0. The molecule has 1 N–H and O–H groups in total. The summed E-state index contributed by atoms with van der Waals surface area (Å²) in [7, 11) is 1.98. The van der Waals surface area contributed by atoms with Gasteiger partial charge in [-0.2, -0.15) is 5.10 Å². The predicted molar refractivity (Wildman–Crippen MR) is 75.9 cm³/mol. The second-order valence-electron chi connectivity index (χ2n) is 4.29. The highest BCUT2D eigenvalue weighted by molar-refractivity contribution is 6.17. The Kier molecular flexibility index (Phi) is 4.26. The first kappa shape index (κ1) is 13.0. The van der Waals surface area contributed by atoms with E-state index in [1.807, 2.05) is 29.9 Å². The molecule has 2 rings (SSSR count). The topological polar surface area (TPSA) is 29.9 Å².